The van der Waals surface area contributed by atoms with Crippen molar-refractivity contribution in [3.63, 3.8) is 0 Å². The molecule has 0 bridgehead atoms. The van der Waals surface area contributed by atoms with Gasteiger partial charge in [0.05, 0.1) is 41.7 Å². The molecule has 2 aliphatic rings. The van der Waals surface area contributed by atoms with Gasteiger partial charge in [-0.25, -0.2) is 19.9 Å². The molecule has 0 unspecified atom stereocenters. The average molecular weight is 663 g/mol. The van der Waals surface area contributed by atoms with Crippen molar-refractivity contribution in [3.05, 3.63) is 42.1 Å². The summed E-state index contributed by atoms with van der Waals surface area (Å²) in [5.74, 6) is 3.84. The highest BCUT2D eigenvalue weighted by atomic mass is 32.2. The van der Waals surface area contributed by atoms with E-state index in [-0.39, 0.29) is 10.9 Å². The normalized spacial score (nSPS) is 17.6. The van der Waals surface area contributed by atoms with Gasteiger partial charge in [-0.15, -0.1) is 11.8 Å². The van der Waals surface area contributed by atoms with Crippen molar-refractivity contribution in [1.29, 1.82) is 0 Å². The van der Waals surface area contributed by atoms with Crippen LogP contribution in [0.4, 0.5) is 17.6 Å². The molecule has 3 aromatic heterocycles. The first-order chi connectivity index (χ1) is 22.7. The molecule has 252 valence electrons. The van der Waals surface area contributed by atoms with Gasteiger partial charge in [-0.1, -0.05) is 20.8 Å². The molecule has 4 aromatic rings. The summed E-state index contributed by atoms with van der Waals surface area (Å²) in [5, 5.41) is 15.0. The predicted octanol–water partition coefficient (Wildman–Crippen LogP) is 4.35. The third kappa shape index (κ3) is 8.80. The first-order valence-electron chi connectivity index (χ1n) is 16.4. The third-order valence-electron chi connectivity index (χ3n) is 8.20. The van der Waals surface area contributed by atoms with Crippen molar-refractivity contribution >= 4 is 40.2 Å². The number of nitrogens with zero attached hydrogens (tertiary/aromatic N) is 7. The number of aryl methyl sites for hydroxylation is 1. The third-order valence-corrected chi connectivity index (χ3v) is 9.35. The number of thioether (sulfide) groups is 1. The van der Waals surface area contributed by atoms with E-state index in [0.29, 0.717) is 25.6 Å². The second kappa shape index (κ2) is 15.0. The molecule has 47 heavy (non-hydrogen) atoms. The molecular weight excluding hydrogens is 616 g/mol. The van der Waals surface area contributed by atoms with Crippen LogP contribution in [0.3, 0.4) is 0 Å². The van der Waals surface area contributed by atoms with Crippen LogP contribution >= 0.6 is 11.8 Å². The van der Waals surface area contributed by atoms with Crippen LogP contribution in [-0.2, 0) is 4.74 Å². The maximum absolute atomic E-state index is 6.42. The highest BCUT2D eigenvalue weighted by Gasteiger charge is 2.21. The SMILES string of the molecule is Cc1n[nH]c(Nc2ncnc3cc(OCCCN4CCN(c5ncc(OC[C@H]6CNCCO6)cn5)CC4)c(SC(C)(C)C)cc23)c1C. The predicted molar refractivity (Wildman–Crippen MR) is 185 cm³/mol. The summed E-state index contributed by atoms with van der Waals surface area (Å²) in [4.78, 5) is 24.0. The van der Waals surface area contributed by atoms with Gasteiger partial charge in [0, 0.05) is 67.6 Å². The fourth-order valence-corrected chi connectivity index (χ4v) is 6.57. The highest BCUT2D eigenvalue weighted by Crippen LogP contribution is 2.41. The van der Waals surface area contributed by atoms with E-state index in [4.69, 9.17) is 14.2 Å². The number of nitrogens with one attached hydrogen (secondary N) is 3. The number of piperazine rings is 1. The lowest BCUT2D eigenvalue weighted by Crippen LogP contribution is -2.47. The monoisotopic (exact) mass is 662 g/mol. The van der Waals surface area contributed by atoms with Crippen LogP contribution in [0.25, 0.3) is 10.9 Å². The molecule has 6 rings (SSSR count). The van der Waals surface area contributed by atoms with Gasteiger partial charge in [0.1, 0.15) is 36.4 Å². The van der Waals surface area contributed by atoms with Crippen molar-refractivity contribution < 1.29 is 14.2 Å². The Bertz CT molecular complexity index is 1610. The zero-order valence-electron chi connectivity index (χ0n) is 28.0. The van der Waals surface area contributed by atoms with E-state index in [1.54, 1.807) is 30.5 Å². The maximum Gasteiger partial charge on any atom is 0.225 e. The van der Waals surface area contributed by atoms with E-state index in [1.165, 1.54) is 0 Å². The van der Waals surface area contributed by atoms with Crippen LogP contribution < -0.4 is 25.0 Å². The Morgan fingerprint density at radius 3 is 2.55 bits per heavy atom. The van der Waals surface area contributed by atoms with Gasteiger partial charge < -0.3 is 29.7 Å². The number of fused-ring (bicyclic) bond motifs is 1. The zero-order valence-corrected chi connectivity index (χ0v) is 28.8. The molecule has 13 nitrogen and oxygen atoms in total. The summed E-state index contributed by atoms with van der Waals surface area (Å²) in [5.41, 5.74) is 2.85. The summed E-state index contributed by atoms with van der Waals surface area (Å²) in [6.07, 6.45) is 6.08. The molecule has 1 aromatic carbocycles. The molecule has 3 N–H and O–H groups in total. The minimum absolute atomic E-state index is 0.00440. The molecule has 1 atom stereocenters. The highest BCUT2D eigenvalue weighted by molar-refractivity contribution is 8.00. The topological polar surface area (TPSA) is 138 Å². The number of anilines is 3. The fourth-order valence-electron chi connectivity index (χ4n) is 5.52. The van der Waals surface area contributed by atoms with Crippen LogP contribution in [0.1, 0.15) is 38.4 Å². The molecule has 0 spiro atoms. The lowest BCUT2D eigenvalue weighted by atomic mass is 10.2. The Morgan fingerprint density at radius 2 is 1.85 bits per heavy atom. The van der Waals surface area contributed by atoms with E-state index in [0.717, 1.165) is 103 Å². The molecule has 0 saturated carbocycles. The number of morpholine rings is 1. The Labute approximate surface area is 280 Å². The van der Waals surface area contributed by atoms with Gasteiger partial charge in [-0.2, -0.15) is 5.10 Å². The second-order valence-electron chi connectivity index (χ2n) is 12.9. The number of aromatic nitrogens is 6. The van der Waals surface area contributed by atoms with E-state index in [9.17, 15) is 0 Å². The van der Waals surface area contributed by atoms with Crippen LogP contribution in [-0.4, -0.2) is 112 Å². The first-order valence-corrected chi connectivity index (χ1v) is 17.2. The quantitative estimate of drug-likeness (QED) is 0.147. The van der Waals surface area contributed by atoms with Crippen molar-refractivity contribution in [2.45, 2.75) is 56.8 Å². The van der Waals surface area contributed by atoms with E-state index in [1.807, 2.05) is 19.9 Å². The second-order valence-corrected chi connectivity index (χ2v) is 14.8. The van der Waals surface area contributed by atoms with Gasteiger partial charge in [0.15, 0.2) is 5.75 Å². The van der Waals surface area contributed by atoms with E-state index in [2.05, 4.69) is 77.4 Å². The fraction of sp³-hybridized carbons (Fsp3) is 0.545. The van der Waals surface area contributed by atoms with Gasteiger partial charge in [-0.3, -0.25) is 10.00 Å². The Kier molecular flexibility index (Phi) is 10.6. The molecule has 0 radical (unpaired) electrons. The Balaban J connectivity index is 1.00. The smallest absolute Gasteiger partial charge is 0.225 e. The molecule has 2 saturated heterocycles. The summed E-state index contributed by atoms with van der Waals surface area (Å²) < 4.78 is 18.0. The Hall–Kier alpha value is -3.72. The molecule has 14 heteroatoms. The minimum atomic E-state index is 0.00440. The number of benzene rings is 1. The Morgan fingerprint density at radius 1 is 1.04 bits per heavy atom. The van der Waals surface area contributed by atoms with Crippen molar-refractivity contribution in [2.75, 3.05) is 75.9 Å². The van der Waals surface area contributed by atoms with Gasteiger partial charge in [-0.05, 0) is 26.3 Å². The number of hydrogen-bond acceptors (Lipinski definition) is 13. The van der Waals surface area contributed by atoms with Crippen molar-refractivity contribution in [3.8, 4) is 11.5 Å². The average Bonchev–Trinajstić information content (AvgIpc) is 3.38. The molecule has 2 aliphatic heterocycles. The van der Waals surface area contributed by atoms with E-state index >= 15 is 0 Å². The van der Waals surface area contributed by atoms with Crippen LogP contribution in [0, 0.1) is 13.8 Å². The number of aromatic amines is 1. The van der Waals surface area contributed by atoms with Crippen molar-refractivity contribution in [2.24, 2.45) is 0 Å². The molecule has 5 heterocycles. The summed E-state index contributed by atoms with van der Waals surface area (Å²) >= 11 is 1.79. The number of ether oxygens (including phenoxy) is 3. The summed E-state index contributed by atoms with van der Waals surface area (Å²) in [7, 11) is 0. The van der Waals surface area contributed by atoms with Crippen LogP contribution in [0.5, 0.6) is 11.5 Å². The maximum atomic E-state index is 6.42. The molecular formula is C33H46N10O3S. The van der Waals surface area contributed by atoms with Crippen molar-refractivity contribution in [1.82, 2.24) is 40.3 Å². The van der Waals surface area contributed by atoms with Crippen LogP contribution in [0.2, 0.25) is 0 Å². The largest absolute Gasteiger partial charge is 0.492 e. The number of H-pyrrole nitrogens is 1. The van der Waals surface area contributed by atoms with Crippen LogP contribution in [0.15, 0.2) is 35.7 Å². The first kappa shape index (κ1) is 33.2. The van der Waals surface area contributed by atoms with E-state index < -0.39 is 0 Å². The van der Waals surface area contributed by atoms with Gasteiger partial charge >= 0.3 is 0 Å². The zero-order chi connectivity index (χ0) is 32.8. The lowest BCUT2D eigenvalue weighted by Gasteiger charge is -2.34. The minimum Gasteiger partial charge on any atom is -0.492 e. The number of hydrogen-bond donors (Lipinski definition) is 3. The molecule has 0 aliphatic carbocycles. The number of rotatable bonds is 12. The van der Waals surface area contributed by atoms with Gasteiger partial charge in [0.2, 0.25) is 5.95 Å². The van der Waals surface area contributed by atoms with Gasteiger partial charge in [0.25, 0.3) is 0 Å². The summed E-state index contributed by atoms with van der Waals surface area (Å²) in [6, 6.07) is 4.18. The summed E-state index contributed by atoms with van der Waals surface area (Å²) in [6.45, 7) is 18.8. The molecule has 0 amide bonds. The molecule has 2 fully saturated rings. The lowest BCUT2D eigenvalue weighted by molar-refractivity contribution is 0.0000539. The standard InChI is InChI=1S/C33H46N10O3S/c1-22-23(2)40-41-30(22)39-31-26-15-29(47-33(3,4)5)28(16-27(26)37-21-38-31)45-13-6-8-42-9-11-43(12-10-42)32-35-18-24(19-36-32)46-20-25-17-34-7-14-44-25/h15-16,18-19,21,25,34H,6-14,17,20H2,1-5H3,(H2,37,38,39,40,41)/t25-/m1/s1.